The minimum atomic E-state index is -1.67. The summed E-state index contributed by atoms with van der Waals surface area (Å²) in [5, 5.41) is 19.2. The molecule has 1 aliphatic rings. The number of hydrogen-bond acceptors (Lipinski definition) is 9. The molecule has 4 aromatic rings. The van der Waals surface area contributed by atoms with E-state index in [0.717, 1.165) is 0 Å². The minimum absolute atomic E-state index is 0.0226. The zero-order valence-electron chi connectivity index (χ0n) is 23.7. The lowest BCUT2D eigenvalue weighted by Gasteiger charge is -2.19. The molecule has 1 atom stereocenters. The Hall–Kier alpha value is -5.35. The van der Waals surface area contributed by atoms with Gasteiger partial charge in [-0.05, 0) is 54.6 Å². The number of aromatic nitrogens is 1. The fraction of sp³-hybridized carbons (Fsp3) is 0.161. The Morgan fingerprint density at radius 3 is 2.43 bits per heavy atom. The number of amides is 1. The fourth-order valence-corrected chi connectivity index (χ4v) is 5.38. The number of carbonyl (C=O) groups is 1. The quantitative estimate of drug-likeness (QED) is 0.290. The predicted octanol–water partition coefficient (Wildman–Crippen LogP) is 5.08. The number of phenols is 1. The number of likely N-dealkylation sites (N-methyl/N-ethyl adjacent to an activating group) is 1. The third-order valence-corrected chi connectivity index (χ3v) is 7.98. The largest absolute Gasteiger partial charge is 0.504 e. The molecule has 1 aliphatic heterocycles. The van der Waals surface area contributed by atoms with Crippen molar-refractivity contribution < 1.29 is 32.4 Å². The lowest BCUT2D eigenvalue weighted by Crippen LogP contribution is -2.24. The number of hydrogen-bond donors (Lipinski definition) is 1. The SMILES string of the molecule is CN(C)C(=O)c1ccc(S(=O)c2ccc(Oc3c(F)cnc(Oc4cc(C#N)ccc4O)c3F)c(C3=NCCN3C)c2)cc1. The van der Waals surface area contributed by atoms with E-state index in [1.54, 1.807) is 51.5 Å². The molecule has 1 N–H and O–H groups in total. The third kappa shape index (κ3) is 6.06. The highest BCUT2D eigenvalue weighted by atomic mass is 32.2. The number of aliphatic imine (C=N–C) groups is 1. The van der Waals surface area contributed by atoms with E-state index in [1.165, 1.54) is 35.2 Å². The van der Waals surface area contributed by atoms with Gasteiger partial charge in [-0.15, -0.1) is 0 Å². The van der Waals surface area contributed by atoms with Crippen molar-refractivity contribution in [3.05, 3.63) is 95.2 Å². The summed E-state index contributed by atoms with van der Waals surface area (Å²) < 4.78 is 55.1. The number of pyridine rings is 1. The molecule has 2 heterocycles. The van der Waals surface area contributed by atoms with E-state index >= 15 is 4.39 Å². The highest BCUT2D eigenvalue weighted by Crippen LogP contribution is 2.38. The summed E-state index contributed by atoms with van der Waals surface area (Å²) in [4.78, 5) is 24.5. The third-order valence-electron chi connectivity index (χ3n) is 6.59. The van der Waals surface area contributed by atoms with E-state index in [9.17, 15) is 18.5 Å². The molecule has 10 nitrogen and oxygen atoms in total. The number of rotatable bonds is 8. The molecule has 0 bridgehead atoms. The van der Waals surface area contributed by atoms with Gasteiger partial charge in [0.15, 0.2) is 17.3 Å². The fourth-order valence-electron chi connectivity index (χ4n) is 4.30. The van der Waals surface area contributed by atoms with Crippen molar-refractivity contribution in [2.45, 2.75) is 9.79 Å². The van der Waals surface area contributed by atoms with Gasteiger partial charge in [-0.25, -0.2) is 13.6 Å². The molecule has 0 spiro atoms. The molecule has 0 aliphatic carbocycles. The van der Waals surface area contributed by atoms with Crippen LogP contribution >= 0.6 is 0 Å². The summed E-state index contributed by atoms with van der Waals surface area (Å²) in [5.74, 6) is -4.29. The number of carbonyl (C=O) groups excluding carboxylic acids is 1. The topological polar surface area (TPSA) is 128 Å². The molecule has 5 rings (SSSR count). The van der Waals surface area contributed by atoms with Crippen LogP contribution in [0.4, 0.5) is 8.78 Å². The molecular weight excluding hydrogens is 592 g/mol. The van der Waals surface area contributed by atoms with E-state index in [0.29, 0.717) is 46.0 Å². The summed E-state index contributed by atoms with van der Waals surface area (Å²) in [6, 6.07) is 16.5. The average Bonchev–Trinajstić information content (AvgIpc) is 3.46. The molecule has 0 fully saturated rings. The van der Waals surface area contributed by atoms with Gasteiger partial charge in [0.1, 0.15) is 11.6 Å². The summed E-state index contributed by atoms with van der Waals surface area (Å²) in [6.45, 7) is 1.06. The van der Waals surface area contributed by atoms with Crippen molar-refractivity contribution in [3.8, 4) is 34.9 Å². The van der Waals surface area contributed by atoms with Crippen LogP contribution in [0.15, 0.2) is 81.6 Å². The smallest absolute Gasteiger partial charge is 0.260 e. The van der Waals surface area contributed by atoms with E-state index in [-0.39, 0.29) is 28.7 Å². The Kier molecular flexibility index (Phi) is 8.54. The van der Waals surface area contributed by atoms with Crippen LogP contribution < -0.4 is 9.47 Å². The molecule has 1 amide bonds. The second-order valence-electron chi connectivity index (χ2n) is 9.83. The number of halogens is 2. The molecule has 3 aromatic carbocycles. The standard InChI is InChI=1S/C31H25F2N5O5S/c1-37(2)31(40)19-5-7-20(8-6-19)44(41)21-9-11-25(22(15-21)29-35-12-13-38(29)3)42-28-23(32)17-36-30(27(28)33)43-26-14-18(16-34)4-10-24(26)39/h4-11,14-15,17,39H,12-13H2,1-3H3. The van der Waals surface area contributed by atoms with E-state index in [2.05, 4.69) is 9.98 Å². The van der Waals surface area contributed by atoms with Crippen LogP contribution in [0.1, 0.15) is 21.5 Å². The minimum Gasteiger partial charge on any atom is -0.504 e. The lowest BCUT2D eigenvalue weighted by atomic mass is 10.1. The first kappa shape index (κ1) is 30.1. The van der Waals surface area contributed by atoms with Gasteiger partial charge in [0, 0.05) is 49.1 Å². The van der Waals surface area contributed by atoms with Crippen molar-refractivity contribution in [3.63, 3.8) is 0 Å². The number of nitriles is 1. The van der Waals surface area contributed by atoms with Gasteiger partial charge in [0.2, 0.25) is 11.6 Å². The van der Waals surface area contributed by atoms with Crippen LogP contribution in [0.3, 0.4) is 0 Å². The normalized spacial score (nSPS) is 13.2. The zero-order chi connectivity index (χ0) is 31.5. The number of nitrogens with zero attached hydrogens (tertiary/aromatic N) is 5. The van der Waals surface area contributed by atoms with Crippen molar-refractivity contribution in [2.75, 3.05) is 34.2 Å². The maximum absolute atomic E-state index is 15.6. The molecule has 1 aromatic heterocycles. The van der Waals surface area contributed by atoms with E-state index in [4.69, 9.17) is 14.7 Å². The van der Waals surface area contributed by atoms with Gasteiger partial charge in [0.05, 0.1) is 40.7 Å². The predicted molar refractivity (Wildman–Crippen MR) is 157 cm³/mol. The first-order chi connectivity index (χ1) is 21.1. The first-order valence-electron chi connectivity index (χ1n) is 13.1. The van der Waals surface area contributed by atoms with Crippen molar-refractivity contribution in [1.82, 2.24) is 14.8 Å². The zero-order valence-corrected chi connectivity index (χ0v) is 24.6. The van der Waals surface area contributed by atoms with Gasteiger partial charge >= 0.3 is 0 Å². The second kappa shape index (κ2) is 12.5. The van der Waals surface area contributed by atoms with Crippen LogP contribution in [0, 0.1) is 23.0 Å². The maximum atomic E-state index is 15.6. The van der Waals surface area contributed by atoms with Crippen molar-refractivity contribution in [2.24, 2.45) is 4.99 Å². The average molecular weight is 618 g/mol. The van der Waals surface area contributed by atoms with Gasteiger partial charge in [-0.3, -0.25) is 9.79 Å². The summed E-state index contributed by atoms with van der Waals surface area (Å²) in [5.41, 5.74) is 0.922. The monoisotopic (exact) mass is 617 g/mol. The summed E-state index contributed by atoms with van der Waals surface area (Å²) in [6.07, 6.45) is 0.700. The Labute approximate surface area is 253 Å². The Balaban J connectivity index is 1.50. The van der Waals surface area contributed by atoms with Crippen molar-refractivity contribution >= 4 is 22.5 Å². The molecule has 224 valence electrons. The first-order valence-corrected chi connectivity index (χ1v) is 14.3. The number of aromatic hydroxyl groups is 1. The summed E-state index contributed by atoms with van der Waals surface area (Å²) in [7, 11) is 3.39. The summed E-state index contributed by atoms with van der Waals surface area (Å²) >= 11 is 0. The Morgan fingerprint density at radius 1 is 1.05 bits per heavy atom. The second-order valence-corrected chi connectivity index (χ2v) is 11.3. The van der Waals surface area contributed by atoms with Gasteiger partial charge in [-0.2, -0.15) is 9.65 Å². The van der Waals surface area contributed by atoms with Crippen LogP contribution in [0.5, 0.6) is 28.9 Å². The molecular formula is C31H25F2N5O5S. The van der Waals surface area contributed by atoms with Crippen LogP contribution in [-0.2, 0) is 10.8 Å². The lowest BCUT2D eigenvalue weighted by molar-refractivity contribution is 0.0827. The molecule has 13 heteroatoms. The number of ether oxygens (including phenoxy) is 2. The van der Waals surface area contributed by atoms with E-state index in [1.807, 2.05) is 11.0 Å². The van der Waals surface area contributed by atoms with Gasteiger partial charge in [-0.1, -0.05) is 0 Å². The highest BCUT2D eigenvalue weighted by Gasteiger charge is 2.25. The van der Waals surface area contributed by atoms with Crippen LogP contribution in [-0.4, -0.2) is 70.1 Å². The highest BCUT2D eigenvalue weighted by molar-refractivity contribution is 7.85. The molecule has 1 unspecified atom stereocenters. The van der Waals surface area contributed by atoms with Gasteiger partial charge in [0.25, 0.3) is 11.8 Å². The van der Waals surface area contributed by atoms with Gasteiger partial charge < -0.3 is 24.4 Å². The maximum Gasteiger partial charge on any atom is 0.260 e. The molecule has 44 heavy (non-hydrogen) atoms. The Bertz CT molecular complexity index is 1860. The Morgan fingerprint density at radius 2 is 1.77 bits per heavy atom. The number of benzene rings is 3. The molecule has 0 saturated heterocycles. The molecule has 0 saturated carbocycles. The van der Waals surface area contributed by atoms with Crippen molar-refractivity contribution in [1.29, 1.82) is 5.26 Å². The number of phenolic OH excluding ortho intramolecular Hbond substituents is 1. The van der Waals surface area contributed by atoms with E-state index < -0.39 is 34.1 Å². The molecule has 0 radical (unpaired) electrons. The van der Waals surface area contributed by atoms with Crippen LogP contribution in [0.25, 0.3) is 0 Å². The number of amidine groups is 1. The van der Waals surface area contributed by atoms with Crippen LogP contribution in [0.2, 0.25) is 0 Å².